The molecule has 0 radical (unpaired) electrons. The third-order valence-electron chi connectivity index (χ3n) is 5.64. The Morgan fingerprint density at radius 3 is 2.47 bits per heavy atom. The summed E-state index contributed by atoms with van der Waals surface area (Å²) in [4.78, 5) is 32.2. The summed E-state index contributed by atoms with van der Waals surface area (Å²) in [5.41, 5.74) is -0.117. The number of nitrogens with zero attached hydrogens (tertiary/aromatic N) is 2. The van der Waals surface area contributed by atoms with Crippen molar-refractivity contribution in [3.05, 3.63) is 65.1 Å². The van der Waals surface area contributed by atoms with E-state index in [0.29, 0.717) is 53.3 Å². The minimum atomic E-state index is -0.723. The fourth-order valence-corrected chi connectivity index (χ4v) is 3.88. The summed E-state index contributed by atoms with van der Waals surface area (Å²) in [6.07, 6.45) is 0.919. The predicted molar refractivity (Wildman–Crippen MR) is 145 cm³/mol. The van der Waals surface area contributed by atoms with Crippen LogP contribution in [0.15, 0.2) is 42.6 Å². The van der Waals surface area contributed by atoms with E-state index < -0.39 is 29.3 Å². The van der Waals surface area contributed by atoms with Crippen molar-refractivity contribution in [1.29, 1.82) is 0 Å². The van der Waals surface area contributed by atoms with Crippen LogP contribution in [0.3, 0.4) is 0 Å². The molecule has 1 atom stereocenters. The van der Waals surface area contributed by atoms with Crippen molar-refractivity contribution in [3.8, 4) is 11.6 Å². The molecule has 8 nitrogen and oxygen atoms in total. The first-order chi connectivity index (χ1) is 17.9. The number of alkyl carbamates (subject to hydrolysis) is 1. The van der Waals surface area contributed by atoms with E-state index in [1.54, 1.807) is 52.1 Å². The molecular formula is C29H36FN3O5. The lowest BCUT2D eigenvalue weighted by molar-refractivity contribution is 0.0507. The summed E-state index contributed by atoms with van der Waals surface area (Å²) in [7, 11) is 3.81. The first kappa shape index (κ1) is 28.8. The van der Waals surface area contributed by atoms with Gasteiger partial charge >= 0.3 is 6.09 Å². The van der Waals surface area contributed by atoms with Crippen molar-refractivity contribution >= 4 is 22.6 Å². The number of likely N-dealkylation sites (N-methyl/N-ethyl adjacent to an activating group) is 1. The maximum absolute atomic E-state index is 15.5. The van der Waals surface area contributed by atoms with E-state index in [1.165, 1.54) is 12.1 Å². The summed E-state index contributed by atoms with van der Waals surface area (Å²) in [5, 5.41) is 3.99. The van der Waals surface area contributed by atoms with Gasteiger partial charge in [-0.15, -0.1) is 0 Å². The highest BCUT2D eigenvalue weighted by molar-refractivity contribution is 6.17. The topological polar surface area (TPSA) is 90.0 Å². The van der Waals surface area contributed by atoms with Gasteiger partial charge in [0.15, 0.2) is 5.78 Å². The summed E-state index contributed by atoms with van der Waals surface area (Å²) < 4.78 is 32.5. The van der Waals surface area contributed by atoms with Gasteiger partial charge in [-0.1, -0.05) is 12.1 Å². The molecule has 9 heteroatoms. The van der Waals surface area contributed by atoms with Crippen LogP contribution in [0, 0.1) is 5.82 Å². The third-order valence-corrected chi connectivity index (χ3v) is 5.64. The maximum atomic E-state index is 15.5. The lowest BCUT2D eigenvalue weighted by Gasteiger charge is -2.24. The second kappa shape index (κ2) is 12.2. The van der Waals surface area contributed by atoms with Crippen LogP contribution in [-0.2, 0) is 4.74 Å². The highest BCUT2D eigenvalue weighted by Crippen LogP contribution is 2.32. The van der Waals surface area contributed by atoms with Gasteiger partial charge in [-0.25, -0.2) is 14.2 Å². The third kappa shape index (κ3) is 7.19. The number of hydrogen-bond donors (Lipinski definition) is 1. The van der Waals surface area contributed by atoms with Crippen LogP contribution < -0.4 is 14.8 Å². The molecule has 0 aliphatic heterocycles. The maximum Gasteiger partial charge on any atom is 0.408 e. The van der Waals surface area contributed by atoms with E-state index >= 15 is 4.39 Å². The standard InChI is InChI=1S/C29H36FN3O5/c1-8-36-27-21-11-9-10-20(19(21)12-13-31-27)26(34)23-17-25(37-15-14-33(6)7)22(16-24(23)30)18(2)32-28(35)38-29(3,4)5/h9-13,16-18H,8,14-15H2,1-7H3,(H,32,35). The molecule has 1 N–H and O–H groups in total. The zero-order chi connectivity index (χ0) is 28.0. The van der Waals surface area contributed by atoms with Gasteiger partial charge in [0.2, 0.25) is 5.88 Å². The number of carbonyl (C=O) groups excluding carboxylic acids is 2. The van der Waals surface area contributed by atoms with Crippen molar-refractivity contribution in [1.82, 2.24) is 15.2 Å². The van der Waals surface area contributed by atoms with Gasteiger partial charge in [-0.05, 0) is 78.4 Å². The molecule has 3 aromatic rings. The molecule has 0 aliphatic carbocycles. The van der Waals surface area contributed by atoms with Crippen LogP contribution in [0.25, 0.3) is 10.8 Å². The number of nitrogens with one attached hydrogen (secondary N) is 1. The molecule has 0 bridgehead atoms. The molecule has 2 aromatic carbocycles. The molecule has 1 amide bonds. The number of fused-ring (bicyclic) bond motifs is 1. The number of hydrogen-bond acceptors (Lipinski definition) is 7. The lowest BCUT2D eigenvalue weighted by Crippen LogP contribution is -2.34. The predicted octanol–water partition coefficient (Wildman–Crippen LogP) is 5.53. The van der Waals surface area contributed by atoms with Crippen LogP contribution in [0.5, 0.6) is 11.6 Å². The number of rotatable bonds is 10. The van der Waals surface area contributed by atoms with Crippen LogP contribution in [0.1, 0.15) is 62.1 Å². The summed E-state index contributed by atoms with van der Waals surface area (Å²) >= 11 is 0. The highest BCUT2D eigenvalue weighted by Gasteiger charge is 2.25. The van der Waals surface area contributed by atoms with Gasteiger partial charge in [-0.3, -0.25) is 4.79 Å². The highest BCUT2D eigenvalue weighted by atomic mass is 19.1. The fraction of sp³-hybridized carbons (Fsp3) is 0.414. The lowest BCUT2D eigenvalue weighted by atomic mass is 9.95. The monoisotopic (exact) mass is 525 g/mol. The van der Waals surface area contributed by atoms with Gasteiger partial charge in [-0.2, -0.15) is 0 Å². The Hall–Kier alpha value is -3.72. The Labute approximate surface area is 223 Å². The molecule has 3 rings (SSSR count). The zero-order valence-corrected chi connectivity index (χ0v) is 23.1. The number of pyridine rings is 1. The largest absolute Gasteiger partial charge is 0.492 e. The summed E-state index contributed by atoms with van der Waals surface area (Å²) in [6, 6.07) is 8.87. The Kier molecular flexibility index (Phi) is 9.27. The van der Waals surface area contributed by atoms with Gasteiger partial charge in [0.05, 0.1) is 18.2 Å². The number of ether oxygens (including phenoxy) is 3. The molecule has 0 saturated carbocycles. The van der Waals surface area contributed by atoms with E-state index in [9.17, 15) is 9.59 Å². The van der Waals surface area contributed by atoms with Crippen molar-refractivity contribution in [2.24, 2.45) is 0 Å². The Morgan fingerprint density at radius 2 is 1.82 bits per heavy atom. The molecule has 0 spiro atoms. The average molecular weight is 526 g/mol. The van der Waals surface area contributed by atoms with Crippen LogP contribution in [0.2, 0.25) is 0 Å². The van der Waals surface area contributed by atoms with E-state index in [1.807, 2.05) is 32.0 Å². The summed E-state index contributed by atoms with van der Waals surface area (Å²) in [5.74, 6) is -0.514. The number of aromatic nitrogens is 1. The van der Waals surface area contributed by atoms with E-state index in [0.717, 1.165) is 0 Å². The Morgan fingerprint density at radius 1 is 1.08 bits per heavy atom. The van der Waals surface area contributed by atoms with E-state index in [4.69, 9.17) is 14.2 Å². The van der Waals surface area contributed by atoms with Gasteiger partial charge in [0.25, 0.3) is 0 Å². The number of ketones is 1. The van der Waals surface area contributed by atoms with Gasteiger partial charge < -0.3 is 24.4 Å². The second-order valence-corrected chi connectivity index (χ2v) is 10.2. The molecule has 38 heavy (non-hydrogen) atoms. The molecule has 0 fully saturated rings. The van der Waals surface area contributed by atoms with Crippen LogP contribution >= 0.6 is 0 Å². The summed E-state index contributed by atoms with van der Waals surface area (Å²) in [6.45, 7) is 10.1. The average Bonchev–Trinajstić information content (AvgIpc) is 2.83. The first-order valence-corrected chi connectivity index (χ1v) is 12.6. The van der Waals surface area contributed by atoms with Crippen LogP contribution in [0.4, 0.5) is 9.18 Å². The molecular weight excluding hydrogens is 489 g/mol. The quantitative estimate of drug-likeness (QED) is 0.348. The normalized spacial score (nSPS) is 12.3. The van der Waals surface area contributed by atoms with E-state index in [2.05, 4.69) is 10.3 Å². The van der Waals surface area contributed by atoms with Crippen LogP contribution in [-0.4, -0.2) is 61.2 Å². The Balaban J connectivity index is 2.02. The molecule has 204 valence electrons. The first-order valence-electron chi connectivity index (χ1n) is 12.6. The van der Waals surface area contributed by atoms with Crippen molar-refractivity contribution in [2.45, 2.75) is 46.3 Å². The number of carbonyl (C=O) groups is 2. The molecule has 1 aromatic heterocycles. The number of halogens is 1. The second-order valence-electron chi connectivity index (χ2n) is 10.2. The molecule has 0 aliphatic rings. The SMILES string of the molecule is CCOc1nccc2c(C(=O)c3cc(OCCN(C)C)c(C(C)NC(=O)OC(C)(C)C)cc3F)cccc12. The minimum absolute atomic E-state index is 0.139. The Bertz CT molecular complexity index is 1300. The van der Waals surface area contributed by atoms with E-state index in [-0.39, 0.29) is 5.56 Å². The number of benzene rings is 2. The van der Waals surface area contributed by atoms with Crippen molar-refractivity contribution in [2.75, 3.05) is 33.9 Å². The zero-order valence-electron chi connectivity index (χ0n) is 23.1. The van der Waals surface area contributed by atoms with Gasteiger partial charge in [0, 0.05) is 29.3 Å². The van der Waals surface area contributed by atoms with Crippen molar-refractivity contribution < 1.29 is 28.2 Å². The van der Waals surface area contributed by atoms with Crippen molar-refractivity contribution in [3.63, 3.8) is 0 Å². The number of amides is 1. The smallest absolute Gasteiger partial charge is 0.408 e. The molecule has 1 heterocycles. The molecule has 0 saturated heterocycles. The minimum Gasteiger partial charge on any atom is -0.492 e. The fourth-order valence-electron chi connectivity index (χ4n) is 3.88. The van der Waals surface area contributed by atoms with Gasteiger partial charge in [0.1, 0.15) is 23.8 Å². The molecule has 1 unspecified atom stereocenters.